The number of halogens is 2. The first-order valence-corrected chi connectivity index (χ1v) is 8.42. The van der Waals surface area contributed by atoms with Gasteiger partial charge in [0.25, 0.3) is 0 Å². The molecule has 6 heteroatoms. The van der Waals surface area contributed by atoms with E-state index in [2.05, 4.69) is 0 Å². The average Bonchev–Trinajstić information content (AvgIpc) is 2.49. The maximum absolute atomic E-state index is 13.8. The number of carbonyl (C=O) groups is 2. The normalized spacial score (nSPS) is 17.5. The second-order valence-corrected chi connectivity index (χ2v) is 7.65. The van der Waals surface area contributed by atoms with E-state index in [9.17, 15) is 14.0 Å². The molecule has 0 saturated carbocycles. The minimum absolute atomic E-state index is 0.0613. The summed E-state index contributed by atoms with van der Waals surface area (Å²) in [6, 6.07) is 4.67. The highest BCUT2D eigenvalue weighted by Gasteiger charge is 2.38. The number of nitrogens with zero attached hydrogens (tertiary/aromatic N) is 1. The standard InChI is InChI=1S/C18H23ClFNO3/c1-17(2,3)24-16(23)21-9-6-18(7-10-21,8-11-22)13-4-5-14(19)15(20)12-13/h4-5,11-12H,6-10H2,1-3H3. The number of carbonyl (C=O) groups excluding carboxylic acids is 2. The molecule has 1 saturated heterocycles. The van der Waals surface area contributed by atoms with Crippen LogP contribution in [0.25, 0.3) is 0 Å². The molecule has 0 spiro atoms. The van der Waals surface area contributed by atoms with E-state index in [4.69, 9.17) is 16.3 Å². The summed E-state index contributed by atoms with van der Waals surface area (Å²) in [5.74, 6) is -0.492. The highest BCUT2D eigenvalue weighted by Crippen LogP contribution is 2.39. The average molecular weight is 356 g/mol. The monoisotopic (exact) mass is 355 g/mol. The van der Waals surface area contributed by atoms with Gasteiger partial charge in [0, 0.05) is 24.9 Å². The van der Waals surface area contributed by atoms with Crippen molar-refractivity contribution < 1.29 is 18.7 Å². The topological polar surface area (TPSA) is 46.6 Å². The van der Waals surface area contributed by atoms with Crippen LogP contribution in [0.1, 0.15) is 45.6 Å². The minimum Gasteiger partial charge on any atom is -0.444 e. The molecule has 4 nitrogen and oxygen atoms in total. The van der Waals surface area contributed by atoms with Crippen molar-refractivity contribution in [2.75, 3.05) is 13.1 Å². The van der Waals surface area contributed by atoms with Gasteiger partial charge in [0.1, 0.15) is 17.7 Å². The van der Waals surface area contributed by atoms with Crippen molar-refractivity contribution in [2.24, 2.45) is 0 Å². The number of ether oxygens (including phenoxy) is 1. The first-order valence-electron chi connectivity index (χ1n) is 8.04. The van der Waals surface area contributed by atoms with Crippen LogP contribution < -0.4 is 0 Å². The Hall–Kier alpha value is -1.62. The number of hydrogen-bond donors (Lipinski definition) is 0. The summed E-state index contributed by atoms with van der Waals surface area (Å²) in [4.78, 5) is 25.0. The van der Waals surface area contributed by atoms with Gasteiger partial charge in [-0.25, -0.2) is 9.18 Å². The smallest absolute Gasteiger partial charge is 0.410 e. The molecule has 24 heavy (non-hydrogen) atoms. The highest BCUT2D eigenvalue weighted by atomic mass is 35.5. The Bertz CT molecular complexity index is 619. The fourth-order valence-corrected chi connectivity index (χ4v) is 3.16. The van der Waals surface area contributed by atoms with Crippen LogP contribution >= 0.6 is 11.6 Å². The zero-order valence-electron chi connectivity index (χ0n) is 14.3. The van der Waals surface area contributed by atoms with E-state index >= 15 is 0 Å². The molecule has 132 valence electrons. The lowest BCUT2D eigenvalue weighted by Gasteiger charge is -2.41. The van der Waals surface area contributed by atoms with Gasteiger partial charge in [-0.05, 0) is 51.3 Å². The molecule has 1 aliphatic rings. The molecule has 0 radical (unpaired) electrons. The molecule has 0 N–H and O–H groups in total. The van der Waals surface area contributed by atoms with Crippen LogP contribution in [0.15, 0.2) is 18.2 Å². The van der Waals surface area contributed by atoms with Crippen molar-refractivity contribution >= 4 is 24.0 Å². The number of aldehydes is 1. The number of piperidine rings is 1. The Labute approximate surface area is 146 Å². The number of amides is 1. The molecule has 1 aliphatic heterocycles. The predicted octanol–water partition coefficient (Wildman–Crippen LogP) is 4.34. The largest absolute Gasteiger partial charge is 0.444 e. The van der Waals surface area contributed by atoms with Gasteiger partial charge in [0.15, 0.2) is 0 Å². The van der Waals surface area contributed by atoms with Crippen LogP contribution in [0, 0.1) is 5.82 Å². The van der Waals surface area contributed by atoms with E-state index in [1.807, 2.05) is 20.8 Å². The van der Waals surface area contributed by atoms with Crippen molar-refractivity contribution in [1.29, 1.82) is 0 Å². The molecule has 0 bridgehead atoms. The van der Waals surface area contributed by atoms with Crippen molar-refractivity contribution in [3.8, 4) is 0 Å². The first kappa shape index (κ1) is 18.7. The van der Waals surface area contributed by atoms with Crippen molar-refractivity contribution in [1.82, 2.24) is 4.90 Å². The Morgan fingerprint density at radius 2 is 2.00 bits per heavy atom. The lowest BCUT2D eigenvalue weighted by molar-refractivity contribution is -0.109. The number of likely N-dealkylation sites (tertiary alicyclic amines) is 1. The van der Waals surface area contributed by atoms with Gasteiger partial charge in [0.2, 0.25) is 0 Å². The van der Waals surface area contributed by atoms with Crippen molar-refractivity contribution in [3.63, 3.8) is 0 Å². The zero-order chi connectivity index (χ0) is 18.0. The molecular formula is C18H23ClFNO3. The van der Waals surface area contributed by atoms with Gasteiger partial charge >= 0.3 is 6.09 Å². The first-order chi connectivity index (χ1) is 11.2. The molecule has 2 rings (SSSR count). The third kappa shape index (κ3) is 4.26. The second kappa shape index (κ2) is 7.09. The van der Waals surface area contributed by atoms with Crippen LogP contribution in [-0.4, -0.2) is 36.0 Å². The van der Waals surface area contributed by atoms with E-state index in [1.54, 1.807) is 11.0 Å². The van der Waals surface area contributed by atoms with Gasteiger partial charge in [0.05, 0.1) is 5.02 Å². The summed E-state index contributed by atoms with van der Waals surface area (Å²) >= 11 is 5.75. The number of rotatable bonds is 3. The molecule has 1 heterocycles. The van der Waals surface area contributed by atoms with Gasteiger partial charge in [-0.15, -0.1) is 0 Å². The Kier molecular flexibility index (Phi) is 5.53. The van der Waals surface area contributed by atoms with Gasteiger partial charge < -0.3 is 14.4 Å². The molecule has 0 aromatic heterocycles. The van der Waals surface area contributed by atoms with E-state index in [1.165, 1.54) is 12.1 Å². The SMILES string of the molecule is CC(C)(C)OC(=O)N1CCC(CC=O)(c2ccc(Cl)c(F)c2)CC1. The van der Waals surface area contributed by atoms with E-state index in [0.29, 0.717) is 25.9 Å². The third-order valence-corrected chi connectivity index (χ3v) is 4.68. The molecule has 0 unspecified atom stereocenters. The summed E-state index contributed by atoms with van der Waals surface area (Å²) in [6.07, 6.45) is 1.94. The fourth-order valence-electron chi connectivity index (χ4n) is 3.04. The van der Waals surface area contributed by atoms with Gasteiger partial charge in [-0.3, -0.25) is 0 Å². The van der Waals surface area contributed by atoms with Crippen LogP contribution in [0.5, 0.6) is 0 Å². The Balaban J connectivity index is 2.15. The van der Waals surface area contributed by atoms with E-state index in [0.717, 1.165) is 11.8 Å². The number of hydrogen-bond acceptors (Lipinski definition) is 3. The maximum Gasteiger partial charge on any atom is 0.410 e. The van der Waals surface area contributed by atoms with Crippen LogP contribution in [0.2, 0.25) is 5.02 Å². The van der Waals surface area contributed by atoms with Gasteiger partial charge in [-0.1, -0.05) is 17.7 Å². The summed E-state index contributed by atoms with van der Waals surface area (Å²) in [5.41, 5.74) is -0.264. The Morgan fingerprint density at radius 3 is 2.50 bits per heavy atom. The molecule has 0 aliphatic carbocycles. The van der Waals surface area contributed by atoms with Crippen LogP contribution in [0.3, 0.4) is 0 Å². The van der Waals surface area contributed by atoms with E-state index < -0.39 is 16.8 Å². The van der Waals surface area contributed by atoms with Crippen LogP contribution in [0.4, 0.5) is 9.18 Å². The summed E-state index contributed by atoms with van der Waals surface area (Å²) in [6.45, 7) is 6.39. The summed E-state index contributed by atoms with van der Waals surface area (Å²) in [5, 5.41) is 0.0613. The maximum atomic E-state index is 13.8. The predicted molar refractivity (Wildman–Crippen MR) is 90.8 cm³/mol. The molecular weight excluding hydrogens is 333 g/mol. The van der Waals surface area contributed by atoms with Crippen molar-refractivity contribution in [2.45, 2.75) is 51.0 Å². The molecule has 1 aromatic carbocycles. The van der Waals surface area contributed by atoms with Crippen molar-refractivity contribution in [3.05, 3.63) is 34.6 Å². The van der Waals surface area contributed by atoms with Gasteiger partial charge in [-0.2, -0.15) is 0 Å². The number of benzene rings is 1. The highest BCUT2D eigenvalue weighted by molar-refractivity contribution is 6.30. The quantitative estimate of drug-likeness (QED) is 0.758. The second-order valence-electron chi connectivity index (χ2n) is 7.25. The summed E-state index contributed by atoms with van der Waals surface area (Å²) in [7, 11) is 0. The minimum atomic E-state index is -0.548. The fraction of sp³-hybridized carbons (Fsp3) is 0.556. The molecule has 1 fully saturated rings. The Morgan fingerprint density at radius 1 is 1.38 bits per heavy atom. The van der Waals surface area contributed by atoms with E-state index in [-0.39, 0.29) is 17.5 Å². The third-order valence-electron chi connectivity index (χ3n) is 4.38. The summed E-state index contributed by atoms with van der Waals surface area (Å²) < 4.78 is 19.2. The van der Waals surface area contributed by atoms with Crippen LogP contribution in [-0.2, 0) is 14.9 Å². The molecule has 1 aromatic rings. The molecule has 1 amide bonds. The lowest BCUT2D eigenvalue weighted by Crippen LogP contribution is -2.47. The molecule has 0 atom stereocenters. The lowest BCUT2D eigenvalue weighted by atomic mass is 9.71. The zero-order valence-corrected chi connectivity index (χ0v) is 15.0.